The normalized spacial score (nSPS) is 24.8. The maximum atomic E-state index is 14.1. The number of likely N-dealkylation sites (N-methyl/N-ethyl adjacent to an activating group) is 1. The molecule has 2 aromatic rings. The van der Waals surface area contributed by atoms with Crippen LogP contribution in [0.4, 0.5) is 0 Å². The summed E-state index contributed by atoms with van der Waals surface area (Å²) in [5, 5.41) is 45.8. The fourth-order valence-corrected chi connectivity index (χ4v) is 6.82. The Kier molecular flexibility index (Phi) is 7.63. The molecule has 0 bridgehead atoms. The fraction of sp³-hybridized carbons (Fsp3) is 0.355. The zero-order valence-corrected chi connectivity index (χ0v) is 23.9. The molecule has 2 amide bonds. The van der Waals surface area contributed by atoms with Gasteiger partial charge in [0.2, 0.25) is 11.6 Å². The number of aliphatic hydroxyl groups is 3. The van der Waals surface area contributed by atoms with E-state index in [4.69, 9.17) is 15.6 Å². The zero-order chi connectivity index (χ0) is 31.4. The van der Waals surface area contributed by atoms with Gasteiger partial charge in [0.25, 0.3) is 11.8 Å². The highest BCUT2D eigenvalue weighted by molar-refractivity contribution is 6.33. The number of fused-ring (bicyclic) bond motifs is 3. The van der Waals surface area contributed by atoms with Crippen LogP contribution in [-0.4, -0.2) is 94.7 Å². The van der Waals surface area contributed by atoms with Crippen LogP contribution in [0.25, 0.3) is 16.9 Å². The van der Waals surface area contributed by atoms with Crippen molar-refractivity contribution in [1.82, 2.24) is 10.2 Å². The van der Waals surface area contributed by atoms with E-state index in [0.29, 0.717) is 22.3 Å². The highest BCUT2D eigenvalue weighted by Gasteiger charge is 2.65. The van der Waals surface area contributed by atoms with Gasteiger partial charge in [0.05, 0.1) is 25.3 Å². The second-order valence-electron chi connectivity index (χ2n) is 11.2. The van der Waals surface area contributed by atoms with Crippen LogP contribution in [0.3, 0.4) is 0 Å². The number of phenolic OH excluding ortho intramolecular Hbond substituents is 1. The molecule has 0 aromatic heterocycles. The molecule has 3 aliphatic rings. The number of carbonyl (C=O) groups is 4. The third-order valence-corrected chi connectivity index (χ3v) is 8.63. The lowest BCUT2D eigenvalue weighted by atomic mass is 9.57. The van der Waals surface area contributed by atoms with Gasteiger partial charge in [-0.25, -0.2) is 0 Å². The topological polar surface area (TPSA) is 200 Å². The van der Waals surface area contributed by atoms with Crippen molar-refractivity contribution in [3.8, 4) is 16.9 Å². The lowest BCUT2D eigenvalue weighted by Crippen LogP contribution is -2.67. The minimum Gasteiger partial charge on any atom is -0.507 e. The number of rotatable bonds is 7. The number of nitrogens with zero attached hydrogens (tertiary/aromatic N) is 1. The number of Topliss-reactive ketones (excluding diaryl/α,β-unsaturated/α-hetero) is 2. The molecule has 1 saturated carbocycles. The third-order valence-electron chi connectivity index (χ3n) is 8.63. The van der Waals surface area contributed by atoms with Crippen molar-refractivity contribution in [3.63, 3.8) is 0 Å². The molecule has 4 atom stereocenters. The first-order valence-electron chi connectivity index (χ1n) is 13.7. The van der Waals surface area contributed by atoms with E-state index < -0.39 is 52.3 Å². The van der Waals surface area contributed by atoms with E-state index in [-0.39, 0.29) is 54.5 Å². The van der Waals surface area contributed by atoms with E-state index in [1.807, 2.05) is 0 Å². The third kappa shape index (κ3) is 4.49. The molecule has 0 radical (unpaired) electrons. The van der Waals surface area contributed by atoms with Crippen molar-refractivity contribution in [1.29, 1.82) is 0 Å². The van der Waals surface area contributed by atoms with Crippen molar-refractivity contribution >= 4 is 29.1 Å². The summed E-state index contributed by atoms with van der Waals surface area (Å²) in [6.45, 7) is -0.132. The second kappa shape index (κ2) is 11.0. The van der Waals surface area contributed by atoms with Crippen molar-refractivity contribution in [2.24, 2.45) is 17.6 Å². The summed E-state index contributed by atoms with van der Waals surface area (Å²) < 4.78 is 5.45. The van der Waals surface area contributed by atoms with Crippen LogP contribution in [0.1, 0.15) is 27.9 Å². The fourth-order valence-electron chi connectivity index (χ4n) is 6.82. The van der Waals surface area contributed by atoms with E-state index in [1.165, 1.54) is 13.2 Å². The quantitative estimate of drug-likeness (QED) is 0.194. The van der Waals surface area contributed by atoms with Crippen LogP contribution >= 0.6 is 0 Å². The monoisotopic (exact) mass is 591 g/mol. The van der Waals surface area contributed by atoms with E-state index in [1.54, 1.807) is 49.3 Å². The summed E-state index contributed by atoms with van der Waals surface area (Å²) in [7, 11) is 4.59. The Balaban J connectivity index is 1.66. The van der Waals surface area contributed by atoms with Crippen molar-refractivity contribution in [2.45, 2.75) is 24.5 Å². The number of ether oxygens (including phenoxy) is 1. The van der Waals surface area contributed by atoms with E-state index >= 15 is 0 Å². The SMILES string of the molecule is COC1=C(C(N)=O)C(=O)[C@@]2(O)C(=O)C3=C(O)c4c(O)ccc(-c5cccc(C(=O)NCCO)c5)c4C[C@H]3C[C@H]2[C@@H]1N(C)C. The molecule has 226 valence electrons. The molecule has 2 aromatic carbocycles. The first-order chi connectivity index (χ1) is 20.4. The van der Waals surface area contributed by atoms with Gasteiger partial charge < -0.3 is 36.2 Å². The second-order valence-corrected chi connectivity index (χ2v) is 11.2. The van der Waals surface area contributed by atoms with Gasteiger partial charge in [0.1, 0.15) is 22.8 Å². The Bertz CT molecular complexity index is 1630. The minimum absolute atomic E-state index is 0.0232. The molecule has 1 fully saturated rings. The molecule has 7 N–H and O–H groups in total. The molecule has 0 saturated heterocycles. The van der Waals surface area contributed by atoms with Crippen LogP contribution < -0.4 is 11.1 Å². The Morgan fingerprint density at radius 1 is 1.14 bits per heavy atom. The number of hydrogen-bond acceptors (Lipinski definition) is 10. The lowest BCUT2D eigenvalue weighted by molar-refractivity contribution is -0.162. The zero-order valence-electron chi connectivity index (χ0n) is 23.9. The molecular formula is C31H33N3O9. The molecule has 0 spiro atoms. The molecule has 0 heterocycles. The van der Waals surface area contributed by atoms with Crippen LogP contribution in [0.2, 0.25) is 0 Å². The summed E-state index contributed by atoms with van der Waals surface area (Å²) >= 11 is 0. The molecule has 5 rings (SSSR count). The Hall–Kier alpha value is -4.52. The van der Waals surface area contributed by atoms with E-state index in [9.17, 15) is 34.5 Å². The number of nitrogens with one attached hydrogen (secondary N) is 1. The molecular weight excluding hydrogens is 558 g/mol. The summed E-state index contributed by atoms with van der Waals surface area (Å²) in [5.74, 6) is -6.46. The van der Waals surface area contributed by atoms with Gasteiger partial charge in [-0.15, -0.1) is 0 Å². The van der Waals surface area contributed by atoms with Crippen LogP contribution in [0, 0.1) is 11.8 Å². The summed E-state index contributed by atoms with van der Waals surface area (Å²) in [6.07, 6.45) is 0.202. The van der Waals surface area contributed by atoms with Gasteiger partial charge in [0.15, 0.2) is 5.60 Å². The molecule has 0 unspecified atom stereocenters. The predicted molar refractivity (Wildman–Crippen MR) is 153 cm³/mol. The molecule has 12 nitrogen and oxygen atoms in total. The number of methoxy groups -OCH3 is 1. The number of ketones is 2. The van der Waals surface area contributed by atoms with Gasteiger partial charge in [0, 0.05) is 23.6 Å². The van der Waals surface area contributed by atoms with Crippen molar-refractivity contribution in [3.05, 3.63) is 70.0 Å². The standard InChI is InChI=1S/C31H33N3O9/c1-34(2)24-19-13-16-12-18-17(14-5-4-6-15(11-14)30(41)33-9-10-35)7-8-20(36)22(18)25(37)21(16)27(38)31(19,42)28(39)23(29(32)40)26(24)43-3/h4-8,11,16,19,24,35-37,42H,9-10,12-13H2,1-3H3,(H2,32,40)(H,33,41)/t16-,19-,24-,31-/m0/s1. The Morgan fingerprint density at radius 3 is 2.49 bits per heavy atom. The predicted octanol–water partition coefficient (Wildman–Crippen LogP) is 0.442. The average molecular weight is 592 g/mol. The number of benzene rings is 2. The van der Waals surface area contributed by atoms with E-state index in [2.05, 4.69) is 5.32 Å². The van der Waals surface area contributed by atoms with Crippen molar-refractivity contribution < 1.29 is 44.3 Å². The molecule has 3 aliphatic carbocycles. The van der Waals surface area contributed by atoms with Gasteiger partial charge in [-0.3, -0.25) is 24.1 Å². The van der Waals surface area contributed by atoms with Crippen LogP contribution in [0.5, 0.6) is 5.75 Å². The smallest absolute Gasteiger partial charge is 0.255 e. The maximum Gasteiger partial charge on any atom is 0.255 e. The Morgan fingerprint density at radius 2 is 1.86 bits per heavy atom. The highest BCUT2D eigenvalue weighted by Crippen LogP contribution is 2.53. The number of aromatic hydroxyl groups is 1. The van der Waals surface area contributed by atoms with Crippen LogP contribution in [0.15, 0.2) is 53.3 Å². The molecule has 43 heavy (non-hydrogen) atoms. The number of hydrogen-bond donors (Lipinski definition) is 6. The average Bonchev–Trinajstić information content (AvgIpc) is 2.96. The molecule has 12 heteroatoms. The number of aliphatic hydroxyl groups excluding tert-OH is 2. The lowest BCUT2D eigenvalue weighted by Gasteiger charge is -2.50. The summed E-state index contributed by atoms with van der Waals surface area (Å²) in [6, 6.07) is 8.82. The Labute approximate surface area is 247 Å². The van der Waals surface area contributed by atoms with Gasteiger partial charge in [-0.1, -0.05) is 18.2 Å². The first kappa shape index (κ1) is 30.0. The van der Waals surface area contributed by atoms with Crippen LogP contribution in [-0.2, 0) is 25.5 Å². The number of nitrogens with two attached hydrogens (primary N) is 1. The minimum atomic E-state index is -2.71. The summed E-state index contributed by atoms with van der Waals surface area (Å²) in [5.41, 5.74) is 4.01. The number of amides is 2. The van der Waals surface area contributed by atoms with Gasteiger partial charge in [-0.05, 0) is 67.7 Å². The van der Waals surface area contributed by atoms with Gasteiger partial charge >= 0.3 is 0 Å². The van der Waals surface area contributed by atoms with Gasteiger partial charge in [-0.2, -0.15) is 0 Å². The summed E-state index contributed by atoms with van der Waals surface area (Å²) in [4.78, 5) is 54.3. The molecule has 0 aliphatic heterocycles. The highest BCUT2D eigenvalue weighted by atomic mass is 16.5. The maximum absolute atomic E-state index is 14.1. The van der Waals surface area contributed by atoms with E-state index in [0.717, 1.165) is 0 Å². The number of primary amides is 1. The largest absolute Gasteiger partial charge is 0.507 e. The number of carbonyl (C=O) groups excluding carboxylic acids is 4. The first-order valence-corrected chi connectivity index (χ1v) is 13.7. The van der Waals surface area contributed by atoms with Crippen molar-refractivity contribution in [2.75, 3.05) is 34.4 Å². The number of phenols is 1.